The fraction of sp³-hybridized carbons (Fsp3) is 0.875. The Morgan fingerprint density at radius 2 is 0.757 bits per heavy atom. The van der Waals surface area contributed by atoms with Gasteiger partial charge in [-0.3, -0.25) is 9.59 Å². The van der Waals surface area contributed by atoms with E-state index in [9.17, 15) is 14.4 Å². The number of hydrogen-bond donors (Lipinski definition) is 2. The van der Waals surface area contributed by atoms with E-state index < -0.39 is 18.0 Å². The number of ether oxygens (including phenoxy) is 9. The largest absolute Gasteiger partial charge is 0.463 e. The summed E-state index contributed by atoms with van der Waals surface area (Å²) in [5.74, 6) is -1.20. The van der Waals surface area contributed by atoms with E-state index in [1.165, 1.54) is 154 Å². The van der Waals surface area contributed by atoms with Gasteiger partial charge in [0.2, 0.25) is 0 Å². The van der Waals surface area contributed by atoms with Crippen LogP contribution < -0.4 is 10.6 Å². The van der Waals surface area contributed by atoms with Crippen molar-refractivity contribution in [3.8, 4) is 0 Å². The summed E-state index contributed by atoms with van der Waals surface area (Å²) in [5, 5.41) is 5.77. The molecule has 0 aromatic carbocycles. The van der Waals surface area contributed by atoms with E-state index >= 15 is 0 Å². The smallest absolute Gasteiger partial charge is 0.337 e. The van der Waals surface area contributed by atoms with Crippen LogP contribution >= 0.6 is 0 Å². The summed E-state index contributed by atoms with van der Waals surface area (Å²) in [4.78, 5) is 36.5. The van der Waals surface area contributed by atoms with Crippen LogP contribution in [0, 0.1) is 0 Å². The third-order valence-corrected chi connectivity index (χ3v) is 11.6. The van der Waals surface area contributed by atoms with Crippen LogP contribution in [0.4, 0.5) is 0 Å². The van der Waals surface area contributed by atoms with Crippen molar-refractivity contribution < 1.29 is 57.0 Å². The minimum Gasteiger partial charge on any atom is -0.463 e. The second kappa shape index (κ2) is 59.1. The molecule has 0 amide bonds. The number of hydrogen-bond acceptors (Lipinski definition) is 14. The van der Waals surface area contributed by atoms with E-state index in [0.717, 1.165) is 25.7 Å². The molecule has 0 heterocycles. The minimum absolute atomic E-state index is 0.00535. The lowest BCUT2D eigenvalue weighted by molar-refractivity contribution is -0.163. The van der Waals surface area contributed by atoms with Crippen LogP contribution in [0.25, 0.3) is 0 Å². The highest BCUT2D eigenvalue weighted by Gasteiger charge is 2.21. The zero-order chi connectivity index (χ0) is 50.7. The van der Waals surface area contributed by atoms with Crippen LogP contribution in [0.5, 0.6) is 0 Å². The van der Waals surface area contributed by atoms with Crippen LogP contribution in [0.1, 0.15) is 194 Å². The Balaban J connectivity index is 4.16. The highest BCUT2D eigenvalue weighted by atomic mass is 16.6. The van der Waals surface area contributed by atoms with Gasteiger partial charge in [-0.25, -0.2) is 4.79 Å². The van der Waals surface area contributed by atoms with Crippen LogP contribution in [0.2, 0.25) is 0 Å². The van der Waals surface area contributed by atoms with Gasteiger partial charge in [-0.05, 0) is 64.2 Å². The molecule has 2 N–H and O–H groups in total. The van der Waals surface area contributed by atoms with Crippen LogP contribution in [0.15, 0.2) is 24.3 Å². The van der Waals surface area contributed by atoms with Crippen molar-refractivity contribution >= 4 is 17.9 Å². The molecule has 14 heteroatoms. The Hall–Kier alpha value is -2.43. The maximum Gasteiger partial charge on any atom is 0.337 e. The summed E-state index contributed by atoms with van der Waals surface area (Å²) in [6.07, 6.45) is 43.8. The van der Waals surface area contributed by atoms with Crippen molar-refractivity contribution in [2.75, 3.05) is 119 Å². The third-order valence-electron chi connectivity index (χ3n) is 11.6. The lowest BCUT2D eigenvalue weighted by Crippen LogP contribution is -2.32. The van der Waals surface area contributed by atoms with Crippen molar-refractivity contribution in [3.05, 3.63) is 24.3 Å². The fourth-order valence-corrected chi connectivity index (χ4v) is 7.35. The normalized spacial score (nSPS) is 12.1. The molecular weight excluding hydrogens is 893 g/mol. The molecule has 0 saturated heterocycles. The van der Waals surface area contributed by atoms with Gasteiger partial charge in [0.15, 0.2) is 6.10 Å². The zero-order valence-electron chi connectivity index (χ0n) is 45.1. The highest BCUT2D eigenvalue weighted by molar-refractivity contribution is 5.74. The topological polar surface area (TPSA) is 158 Å². The summed E-state index contributed by atoms with van der Waals surface area (Å²) in [6, 6.07) is 0. The third kappa shape index (κ3) is 54.9. The number of nitrogens with one attached hydrogen (secondary N) is 2. The summed E-state index contributed by atoms with van der Waals surface area (Å²) in [5.41, 5.74) is 0. The van der Waals surface area contributed by atoms with Gasteiger partial charge in [0.05, 0.1) is 65.9 Å². The molecular formula is C56H106N2O12. The maximum absolute atomic E-state index is 13.0. The quantitative estimate of drug-likeness (QED) is 0.0257. The standard InChI is InChI=1S/C56H106N2O12/c1-4-6-8-10-12-14-16-18-20-22-24-26-28-30-32-34-38-66-52-53(67-39-35-33-31-29-27-25-23-21-19-17-15-13-11-9-7-5-2)56(61)70-49-47-65-45-43-63-42-44-64-46-48-69-55(60)51-58-37-41-68-54(59)50-57-36-40-62-3/h18-21,53,57-58H,4-17,22-52H2,1-3H3/b20-18-,21-19-. The molecule has 0 aromatic heterocycles. The van der Waals surface area contributed by atoms with Gasteiger partial charge in [-0.1, -0.05) is 154 Å². The first-order valence-corrected chi connectivity index (χ1v) is 28.2. The molecule has 1 atom stereocenters. The number of methoxy groups -OCH3 is 1. The maximum atomic E-state index is 13.0. The van der Waals surface area contributed by atoms with E-state index in [4.69, 9.17) is 42.6 Å². The van der Waals surface area contributed by atoms with Gasteiger partial charge >= 0.3 is 17.9 Å². The molecule has 0 rings (SSSR count). The number of allylic oxidation sites excluding steroid dienone is 4. The summed E-state index contributed by atoms with van der Waals surface area (Å²) in [6.45, 7) is 9.70. The van der Waals surface area contributed by atoms with E-state index in [1.807, 2.05) is 0 Å². The average Bonchev–Trinajstić information content (AvgIpc) is 3.36. The van der Waals surface area contributed by atoms with Gasteiger partial charge < -0.3 is 53.3 Å². The Morgan fingerprint density at radius 3 is 1.21 bits per heavy atom. The molecule has 0 aliphatic carbocycles. The minimum atomic E-state index is -0.747. The molecule has 0 radical (unpaired) electrons. The molecule has 412 valence electrons. The number of carbonyl (C=O) groups excluding carboxylic acids is 3. The van der Waals surface area contributed by atoms with E-state index in [-0.39, 0.29) is 58.7 Å². The Labute approximate surface area is 427 Å². The van der Waals surface area contributed by atoms with Crippen LogP contribution in [0.3, 0.4) is 0 Å². The lowest BCUT2D eigenvalue weighted by atomic mass is 10.1. The van der Waals surface area contributed by atoms with E-state index in [1.54, 1.807) is 7.11 Å². The van der Waals surface area contributed by atoms with Crippen molar-refractivity contribution in [1.82, 2.24) is 10.6 Å². The van der Waals surface area contributed by atoms with Crippen molar-refractivity contribution in [3.63, 3.8) is 0 Å². The number of esters is 3. The monoisotopic (exact) mass is 999 g/mol. The van der Waals surface area contributed by atoms with Gasteiger partial charge in [0.25, 0.3) is 0 Å². The Bertz CT molecular complexity index is 1160. The van der Waals surface area contributed by atoms with Crippen molar-refractivity contribution in [2.24, 2.45) is 0 Å². The lowest BCUT2D eigenvalue weighted by Gasteiger charge is -2.17. The summed E-state index contributed by atoms with van der Waals surface area (Å²) >= 11 is 0. The number of rotatable bonds is 58. The van der Waals surface area contributed by atoms with E-state index in [2.05, 4.69) is 48.8 Å². The van der Waals surface area contributed by atoms with Gasteiger partial charge in [-0.2, -0.15) is 0 Å². The molecule has 0 aliphatic heterocycles. The van der Waals surface area contributed by atoms with Crippen LogP contribution in [-0.4, -0.2) is 143 Å². The molecule has 1 unspecified atom stereocenters. The van der Waals surface area contributed by atoms with E-state index in [0.29, 0.717) is 59.3 Å². The van der Waals surface area contributed by atoms with Gasteiger partial charge in [0, 0.05) is 33.4 Å². The second-order valence-corrected chi connectivity index (χ2v) is 18.1. The molecule has 0 aliphatic rings. The molecule has 0 spiro atoms. The van der Waals surface area contributed by atoms with Crippen molar-refractivity contribution in [1.29, 1.82) is 0 Å². The summed E-state index contributed by atoms with van der Waals surface area (Å²) in [7, 11) is 1.59. The average molecular weight is 999 g/mol. The van der Waals surface area contributed by atoms with Gasteiger partial charge in [-0.15, -0.1) is 0 Å². The Kier molecular flexibility index (Phi) is 57.1. The highest BCUT2D eigenvalue weighted by Crippen LogP contribution is 2.13. The van der Waals surface area contributed by atoms with Crippen LogP contribution in [-0.2, 0) is 57.0 Å². The first-order chi connectivity index (χ1) is 34.5. The molecule has 0 saturated carbocycles. The summed E-state index contributed by atoms with van der Waals surface area (Å²) < 4.78 is 49.2. The number of unbranched alkanes of at least 4 members (excludes halogenated alkanes) is 24. The Morgan fingerprint density at radius 1 is 0.386 bits per heavy atom. The molecule has 14 nitrogen and oxygen atoms in total. The first-order valence-electron chi connectivity index (χ1n) is 28.2. The zero-order valence-corrected chi connectivity index (χ0v) is 45.1. The molecule has 0 bridgehead atoms. The number of carbonyl (C=O) groups is 3. The second-order valence-electron chi connectivity index (χ2n) is 18.1. The first kappa shape index (κ1) is 67.6. The SMILES string of the molecule is CCCCCCCC/C=C\CCCCCCCCOCC(OCCCCCCCC/C=C\CCCCCCCC)C(=O)OCCOCCOCCOCCOC(=O)CNCCOC(=O)CNCCOC. The molecule has 70 heavy (non-hydrogen) atoms. The predicted molar refractivity (Wildman–Crippen MR) is 282 cm³/mol. The predicted octanol–water partition coefficient (Wildman–Crippen LogP) is 11.0. The van der Waals surface area contributed by atoms with Gasteiger partial charge in [0.1, 0.15) is 19.8 Å². The fourth-order valence-electron chi connectivity index (χ4n) is 7.35. The van der Waals surface area contributed by atoms with Crippen molar-refractivity contribution in [2.45, 2.75) is 200 Å². The molecule has 0 fully saturated rings. The molecule has 0 aromatic rings.